The van der Waals surface area contributed by atoms with Crippen LogP contribution in [0.15, 0.2) is 59.5 Å². The Morgan fingerprint density at radius 3 is 2.47 bits per heavy atom. The minimum Gasteiger partial charge on any atom is -0.481 e. The minimum atomic E-state index is -4.44. The number of methoxy groups -OCH3 is 1. The lowest BCUT2D eigenvalue weighted by atomic mass is 10.0. The van der Waals surface area contributed by atoms with Crippen LogP contribution in [0.3, 0.4) is 0 Å². The summed E-state index contributed by atoms with van der Waals surface area (Å²) in [6, 6.07) is 9.62. The second-order valence-corrected chi connectivity index (χ2v) is 6.60. The van der Waals surface area contributed by atoms with E-state index in [-0.39, 0.29) is 12.2 Å². The summed E-state index contributed by atoms with van der Waals surface area (Å²) in [4.78, 5) is 28.9. The second kappa shape index (κ2) is 8.48. The number of ketones is 1. The molecule has 9 heteroatoms. The Morgan fingerprint density at radius 1 is 1.13 bits per heavy atom. The Hall–Kier alpha value is -3.49. The van der Waals surface area contributed by atoms with E-state index in [0.29, 0.717) is 22.7 Å². The van der Waals surface area contributed by atoms with Crippen molar-refractivity contribution in [1.29, 1.82) is 0 Å². The third-order valence-corrected chi connectivity index (χ3v) is 4.56. The molecule has 0 amide bonds. The van der Waals surface area contributed by atoms with Crippen LogP contribution in [0, 0.1) is 0 Å². The first-order valence-electron chi connectivity index (χ1n) is 8.98. The first-order chi connectivity index (χ1) is 14.2. The van der Waals surface area contributed by atoms with E-state index in [1.54, 1.807) is 12.1 Å². The molecule has 2 heterocycles. The number of carbonyl (C=O) groups is 1. The Balaban J connectivity index is 1.82. The number of ether oxygens (including phenoxy) is 1. The van der Waals surface area contributed by atoms with Gasteiger partial charge in [0, 0.05) is 30.3 Å². The molecule has 156 valence electrons. The maximum Gasteiger partial charge on any atom is 0.416 e. The van der Waals surface area contributed by atoms with Gasteiger partial charge in [-0.1, -0.05) is 12.1 Å². The van der Waals surface area contributed by atoms with Gasteiger partial charge in [-0.25, -0.2) is 9.67 Å². The molecule has 1 atom stereocenters. The molecule has 0 spiro atoms. The van der Waals surface area contributed by atoms with Gasteiger partial charge < -0.3 is 4.74 Å². The van der Waals surface area contributed by atoms with Crippen LogP contribution in [-0.4, -0.2) is 27.7 Å². The van der Waals surface area contributed by atoms with Crippen molar-refractivity contribution >= 4 is 5.78 Å². The van der Waals surface area contributed by atoms with Gasteiger partial charge in [-0.3, -0.25) is 9.59 Å². The molecule has 6 nitrogen and oxygen atoms in total. The normalized spacial score (nSPS) is 12.4. The van der Waals surface area contributed by atoms with Crippen molar-refractivity contribution in [2.75, 3.05) is 7.11 Å². The maximum atomic E-state index is 12.7. The highest BCUT2D eigenvalue weighted by atomic mass is 19.4. The average Bonchev–Trinajstić information content (AvgIpc) is 2.73. The molecule has 0 fully saturated rings. The fraction of sp³-hybridized carbons (Fsp3) is 0.238. The summed E-state index contributed by atoms with van der Waals surface area (Å²) in [7, 11) is 1.47. The Bertz CT molecular complexity index is 1110. The van der Waals surface area contributed by atoms with E-state index < -0.39 is 23.3 Å². The smallest absolute Gasteiger partial charge is 0.416 e. The largest absolute Gasteiger partial charge is 0.481 e. The van der Waals surface area contributed by atoms with Crippen molar-refractivity contribution in [3.8, 4) is 17.1 Å². The minimum absolute atomic E-state index is 0.124. The van der Waals surface area contributed by atoms with Crippen LogP contribution in [0.2, 0.25) is 0 Å². The Morgan fingerprint density at radius 2 is 1.83 bits per heavy atom. The topological polar surface area (TPSA) is 74.1 Å². The summed E-state index contributed by atoms with van der Waals surface area (Å²) >= 11 is 0. The van der Waals surface area contributed by atoms with Crippen LogP contribution in [0.25, 0.3) is 11.3 Å². The van der Waals surface area contributed by atoms with Crippen LogP contribution in [-0.2, 0) is 17.4 Å². The van der Waals surface area contributed by atoms with Gasteiger partial charge in [-0.15, -0.1) is 0 Å². The highest BCUT2D eigenvalue weighted by molar-refractivity contribution is 5.84. The predicted molar refractivity (Wildman–Crippen MR) is 103 cm³/mol. The molecule has 3 rings (SSSR count). The van der Waals surface area contributed by atoms with E-state index in [4.69, 9.17) is 4.74 Å². The van der Waals surface area contributed by atoms with E-state index in [9.17, 15) is 22.8 Å². The lowest BCUT2D eigenvalue weighted by molar-refractivity contribution is -0.137. The zero-order valence-electron chi connectivity index (χ0n) is 16.2. The highest BCUT2D eigenvalue weighted by Gasteiger charge is 2.30. The third kappa shape index (κ3) is 4.73. The Labute approximate surface area is 170 Å². The van der Waals surface area contributed by atoms with Crippen molar-refractivity contribution in [3.05, 3.63) is 76.2 Å². The first kappa shape index (κ1) is 21.2. The van der Waals surface area contributed by atoms with E-state index in [1.165, 1.54) is 44.5 Å². The molecule has 0 bridgehead atoms. The molecule has 0 aliphatic rings. The van der Waals surface area contributed by atoms with Crippen LogP contribution < -0.4 is 10.3 Å². The third-order valence-electron chi connectivity index (χ3n) is 4.56. The molecule has 0 aliphatic carbocycles. The molecule has 1 aromatic carbocycles. The van der Waals surface area contributed by atoms with Crippen LogP contribution >= 0.6 is 0 Å². The van der Waals surface area contributed by atoms with Gasteiger partial charge >= 0.3 is 6.18 Å². The zero-order valence-corrected chi connectivity index (χ0v) is 16.2. The predicted octanol–water partition coefficient (Wildman–Crippen LogP) is 3.71. The zero-order chi connectivity index (χ0) is 21.9. The van der Waals surface area contributed by atoms with E-state index in [1.807, 2.05) is 0 Å². The van der Waals surface area contributed by atoms with Crippen molar-refractivity contribution in [2.45, 2.75) is 25.6 Å². The number of pyridine rings is 1. The summed E-state index contributed by atoms with van der Waals surface area (Å²) in [6.45, 7) is 1.53. The molecular formula is C21H18F3N3O3. The molecule has 0 radical (unpaired) electrons. The van der Waals surface area contributed by atoms with Gasteiger partial charge in [0.05, 0.1) is 18.4 Å². The first-order valence-corrected chi connectivity index (χ1v) is 8.98. The highest BCUT2D eigenvalue weighted by Crippen LogP contribution is 2.29. The summed E-state index contributed by atoms with van der Waals surface area (Å²) in [5.41, 5.74) is 0.267. The molecule has 1 unspecified atom stereocenters. The van der Waals surface area contributed by atoms with E-state index in [0.717, 1.165) is 16.8 Å². The van der Waals surface area contributed by atoms with E-state index >= 15 is 0 Å². The standard InChI is InChI=1S/C21H18F3N3O3/c1-13(18(28)11-14-3-5-16(6-4-14)21(22,23)24)27-20(29)8-7-17(26-27)15-9-10-25-19(12-15)30-2/h3-10,12-13H,11H2,1-2H3. The van der Waals surface area contributed by atoms with Crippen molar-refractivity contribution < 1.29 is 22.7 Å². The lowest BCUT2D eigenvalue weighted by Crippen LogP contribution is -2.30. The number of halogens is 3. The van der Waals surface area contributed by atoms with Gasteiger partial charge in [0.2, 0.25) is 5.88 Å². The van der Waals surface area contributed by atoms with Gasteiger partial charge in [-0.05, 0) is 36.8 Å². The van der Waals surface area contributed by atoms with E-state index in [2.05, 4.69) is 10.1 Å². The van der Waals surface area contributed by atoms with Crippen molar-refractivity contribution in [3.63, 3.8) is 0 Å². The fourth-order valence-corrected chi connectivity index (χ4v) is 2.83. The average molecular weight is 417 g/mol. The second-order valence-electron chi connectivity index (χ2n) is 6.60. The fourth-order valence-electron chi connectivity index (χ4n) is 2.83. The molecule has 0 aliphatic heterocycles. The maximum absolute atomic E-state index is 12.7. The molecule has 0 saturated carbocycles. The van der Waals surface area contributed by atoms with Gasteiger partial charge in [0.25, 0.3) is 5.56 Å². The van der Waals surface area contributed by atoms with Gasteiger partial charge in [-0.2, -0.15) is 18.3 Å². The number of carbonyl (C=O) groups excluding carboxylic acids is 1. The number of rotatable bonds is 6. The SMILES string of the molecule is COc1cc(-c2ccc(=O)n(C(C)C(=O)Cc3ccc(C(F)(F)F)cc3)n2)ccn1. The summed E-state index contributed by atoms with van der Waals surface area (Å²) in [6.07, 6.45) is -3.03. The number of hydrogen-bond acceptors (Lipinski definition) is 5. The van der Waals surface area contributed by atoms with Crippen LogP contribution in [0.5, 0.6) is 5.88 Å². The number of Topliss-reactive ketones (excluding diaryl/α,β-unsaturated/α-hetero) is 1. The van der Waals surface area contributed by atoms with Gasteiger partial charge in [0.1, 0.15) is 6.04 Å². The monoisotopic (exact) mass is 417 g/mol. The van der Waals surface area contributed by atoms with Crippen LogP contribution in [0.4, 0.5) is 13.2 Å². The molecule has 0 N–H and O–H groups in total. The summed E-state index contributed by atoms with van der Waals surface area (Å²) in [5, 5.41) is 4.28. The van der Waals surface area contributed by atoms with Crippen molar-refractivity contribution in [1.82, 2.24) is 14.8 Å². The van der Waals surface area contributed by atoms with Gasteiger partial charge in [0.15, 0.2) is 5.78 Å². The van der Waals surface area contributed by atoms with Crippen LogP contribution in [0.1, 0.15) is 24.1 Å². The molecule has 0 saturated heterocycles. The Kier molecular flexibility index (Phi) is 6.00. The lowest BCUT2D eigenvalue weighted by Gasteiger charge is -2.14. The number of alkyl halides is 3. The number of aromatic nitrogens is 3. The van der Waals surface area contributed by atoms with Crippen molar-refractivity contribution in [2.24, 2.45) is 0 Å². The summed E-state index contributed by atoms with van der Waals surface area (Å²) < 4.78 is 44.2. The quantitative estimate of drug-likeness (QED) is 0.611. The number of nitrogens with zero attached hydrogens (tertiary/aromatic N) is 3. The number of hydrogen-bond donors (Lipinski definition) is 0. The molecule has 30 heavy (non-hydrogen) atoms. The number of benzene rings is 1. The molecular weight excluding hydrogens is 399 g/mol. The molecule has 3 aromatic rings. The molecule has 2 aromatic heterocycles. The summed E-state index contributed by atoms with van der Waals surface area (Å²) in [5.74, 6) is 0.0206.